The van der Waals surface area contributed by atoms with E-state index < -0.39 is 10.0 Å². The summed E-state index contributed by atoms with van der Waals surface area (Å²) < 4.78 is 32.1. The van der Waals surface area contributed by atoms with Crippen molar-refractivity contribution in [2.45, 2.75) is 17.7 Å². The molecule has 10 heteroatoms. The third-order valence-electron chi connectivity index (χ3n) is 4.35. The van der Waals surface area contributed by atoms with Crippen LogP contribution in [0.4, 0.5) is 5.69 Å². The number of hydrogen-bond donors (Lipinski definition) is 1. The normalized spacial score (nSPS) is 15.2. The van der Waals surface area contributed by atoms with E-state index in [2.05, 4.69) is 20.4 Å². The molecule has 1 saturated heterocycles. The number of rotatable bonds is 5. The Morgan fingerprint density at radius 2 is 1.93 bits per heavy atom. The summed E-state index contributed by atoms with van der Waals surface area (Å²) in [5, 5.41) is 6.52. The number of nitrogens with zero attached hydrogens (tertiary/aromatic N) is 4. The van der Waals surface area contributed by atoms with E-state index >= 15 is 0 Å². The Morgan fingerprint density at radius 3 is 2.57 bits per heavy atom. The first-order chi connectivity index (χ1) is 13.4. The molecule has 3 heterocycles. The molecular weight excluding hydrogens is 382 g/mol. The number of benzene rings is 1. The molecule has 2 aromatic heterocycles. The van der Waals surface area contributed by atoms with Gasteiger partial charge < -0.3 is 9.84 Å². The van der Waals surface area contributed by atoms with E-state index in [1.165, 1.54) is 23.4 Å². The lowest BCUT2D eigenvalue weighted by Crippen LogP contribution is -2.48. The van der Waals surface area contributed by atoms with E-state index in [4.69, 9.17) is 4.52 Å². The minimum atomic E-state index is -3.62. The van der Waals surface area contributed by atoms with E-state index in [0.717, 1.165) is 0 Å². The highest BCUT2D eigenvalue weighted by Crippen LogP contribution is 2.32. The number of aromatic nitrogens is 3. The SMILES string of the molecule is CC(=O)Nc1ccc(S(=O)(=O)N2CC(c3nc(-c4ccccn4)no3)C2)cc1. The molecule has 144 valence electrons. The molecule has 0 spiro atoms. The van der Waals surface area contributed by atoms with Crippen molar-refractivity contribution in [1.29, 1.82) is 0 Å². The number of anilines is 1. The molecule has 0 aliphatic carbocycles. The lowest BCUT2D eigenvalue weighted by molar-refractivity contribution is -0.114. The van der Waals surface area contributed by atoms with Crippen molar-refractivity contribution in [3.8, 4) is 11.5 Å². The molecule has 1 fully saturated rings. The highest BCUT2D eigenvalue weighted by Gasteiger charge is 2.40. The van der Waals surface area contributed by atoms with Crippen molar-refractivity contribution < 1.29 is 17.7 Å². The number of carbonyl (C=O) groups excluding carboxylic acids is 1. The Hall–Kier alpha value is -3.11. The fourth-order valence-electron chi connectivity index (χ4n) is 2.85. The average Bonchev–Trinajstić information content (AvgIpc) is 3.10. The molecular formula is C18H17N5O4S. The Bertz CT molecular complexity index is 1090. The van der Waals surface area contributed by atoms with E-state index in [9.17, 15) is 13.2 Å². The van der Waals surface area contributed by atoms with Crippen molar-refractivity contribution >= 4 is 21.6 Å². The molecule has 0 bridgehead atoms. The van der Waals surface area contributed by atoms with Crippen LogP contribution in [0.5, 0.6) is 0 Å². The zero-order valence-corrected chi connectivity index (χ0v) is 15.8. The molecule has 1 N–H and O–H groups in total. The van der Waals surface area contributed by atoms with Crippen molar-refractivity contribution in [3.63, 3.8) is 0 Å². The Morgan fingerprint density at radius 1 is 1.18 bits per heavy atom. The Labute approximate surface area is 161 Å². The molecule has 9 nitrogen and oxygen atoms in total. The first-order valence-corrected chi connectivity index (χ1v) is 10.0. The van der Waals surface area contributed by atoms with Gasteiger partial charge in [0.15, 0.2) is 0 Å². The fourth-order valence-corrected chi connectivity index (χ4v) is 4.38. The van der Waals surface area contributed by atoms with Crippen molar-refractivity contribution in [2.24, 2.45) is 0 Å². The topological polar surface area (TPSA) is 118 Å². The van der Waals surface area contributed by atoms with Gasteiger partial charge in [0.05, 0.1) is 10.8 Å². The van der Waals surface area contributed by atoms with Crippen LogP contribution in [0.25, 0.3) is 11.5 Å². The zero-order valence-electron chi connectivity index (χ0n) is 14.9. The number of hydrogen-bond acceptors (Lipinski definition) is 7. The van der Waals surface area contributed by atoms with Crippen LogP contribution in [0.1, 0.15) is 18.7 Å². The first-order valence-electron chi connectivity index (χ1n) is 8.56. The van der Waals surface area contributed by atoms with Crippen LogP contribution in [0, 0.1) is 0 Å². The Kier molecular flexibility index (Phi) is 4.65. The second kappa shape index (κ2) is 7.13. The second-order valence-electron chi connectivity index (χ2n) is 6.40. The minimum absolute atomic E-state index is 0.154. The summed E-state index contributed by atoms with van der Waals surface area (Å²) in [4.78, 5) is 19.7. The monoisotopic (exact) mass is 399 g/mol. The largest absolute Gasteiger partial charge is 0.339 e. The van der Waals surface area contributed by atoms with Crippen molar-refractivity contribution in [2.75, 3.05) is 18.4 Å². The number of pyridine rings is 1. The quantitative estimate of drug-likeness (QED) is 0.696. The molecule has 0 saturated carbocycles. The standard InChI is InChI=1S/C18H17N5O4S/c1-12(24)20-14-5-7-15(8-6-14)28(25,26)23-10-13(11-23)18-21-17(22-27-18)16-4-2-3-9-19-16/h2-9,13H,10-11H2,1H3,(H,20,24). The van der Waals surface area contributed by atoms with Crippen molar-refractivity contribution in [3.05, 3.63) is 54.6 Å². The van der Waals surface area contributed by atoms with Gasteiger partial charge in [-0.25, -0.2) is 8.42 Å². The van der Waals surface area contributed by atoms with E-state index in [1.54, 1.807) is 30.5 Å². The van der Waals surface area contributed by atoms with Gasteiger partial charge in [-0.05, 0) is 36.4 Å². The van der Waals surface area contributed by atoms with Gasteiger partial charge in [-0.2, -0.15) is 9.29 Å². The van der Waals surface area contributed by atoms with Crippen LogP contribution in [0.2, 0.25) is 0 Å². The fraction of sp³-hybridized carbons (Fsp3) is 0.222. The maximum Gasteiger partial charge on any atom is 0.243 e. The third kappa shape index (κ3) is 3.51. The van der Waals surface area contributed by atoms with Crippen LogP contribution in [0.15, 0.2) is 58.1 Å². The second-order valence-corrected chi connectivity index (χ2v) is 8.33. The lowest BCUT2D eigenvalue weighted by Gasteiger charge is -2.35. The number of amides is 1. The summed E-state index contributed by atoms with van der Waals surface area (Å²) in [7, 11) is -3.62. The summed E-state index contributed by atoms with van der Waals surface area (Å²) in [6, 6.07) is 11.5. The molecule has 1 aliphatic rings. The van der Waals surface area contributed by atoms with Gasteiger partial charge in [-0.15, -0.1) is 0 Å². The Balaban J connectivity index is 1.43. The van der Waals surface area contributed by atoms with Crippen LogP contribution >= 0.6 is 0 Å². The number of carbonyl (C=O) groups is 1. The predicted molar refractivity (Wildman–Crippen MR) is 99.8 cm³/mol. The van der Waals surface area contributed by atoms with Gasteiger partial charge in [-0.1, -0.05) is 11.2 Å². The first kappa shape index (κ1) is 18.3. The maximum atomic E-state index is 12.7. The van der Waals surface area contributed by atoms with Gasteiger partial charge in [0.2, 0.25) is 27.6 Å². The summed E-state index contributed by atoms with van der Waals surface area (Å²) >= 11 is 0. The highest BCUT2D eigenvalue weighted by molar-refractivity contribution is 7.89. The summed E-state index contributed by atoms with van der Waals surface area (Å²) in [6.45, 7) is 1.92. The van der Waals surface area contributed by atoms with Crippen LogP contribution in [0.3, 0.4) is 0 Å². The van der Waals surface area contributed by atoms with Gasteiger partial charge in [0, 0.05) is 31.9 Å². The number of nitrogens with one attached hydrogen (secondary N) is 1. The highest BCUT2D eigenvalue weighted by atomic mass is 32.2. The maximum absolute atomic E-state index is 12.7. The van der Waals surface area contributed by atoms with Gasteiger partial charge in [0.25, 0.3) is 0 Å². The minimum Gasteiger partial charge on any atom is -0.339 e. The van der Waals surface area contributed by atoms with Crippen LogP contribution in [-0.2, 0) is 14.8 Å². The summed E-state index contributed by atoms with van der Waals surface area (Å²) in [6.07, 6.45) is 1.64. The molecule has 28 heavy (non-hydrogen) atoms. The van der Waals surface area contributed by atoms with Gasteiger partial charge in [0.1, 0.15) is 5.69 Å². The van der Waals surface area contributed by atoms with Gasteiger partial charge >= 0.3 is 0 Å². The molecule has 0 atom stereocenters. The summed E-state index contributed by atoms with van der Waals surface area (Å²) in [5.41, 5.74) is 1.14. The van der Waals surface area contributed by atoms with Crippen LogP contribution < -0.4 is 5.32 Å². The summed E-state index contributed by atoms with van der Waals surface area (Å²) in [5.74, 6) is 0.405. The van der Waals surface area contributed by atoms with E-state index in [0.29, 0.717) is 23.1 Å². The molecule has 0 radical (unpaired) electrons. The zero-order chi connectivity index (χ0) is 19.7. The number of sulfonamides is 1. The van der Waals surface area contributed by atoms with Crippen LogP contribution in [-0.4, -0.2) is 46.8 Å². The van der Waals surface area contributed by atoms with Crippen molar-refractivity contribution in [1.82, 2.24) is 19.4 Å². The smallest absolute Gasteiger partial charge is 0.243 e. The van der Waals surface area contributed by atoms with E-state index in [1.807, 2.05) is 6.07 Å². The molecule has 1 aromatic carbocycles. The third-order valence-corrected chi connectivity index (χ3v) is 6.19. The lowest BCUT2D eigenvalue weighted by atomic mass is 10.0. The van der Waals surface area contributed by atoms with Gasteiger partial charge in [-0.3, -0.25) is 9.78 Å². The molecule has 1 amide bonds. The average molecular weight is 399 g/mol. The molecule has 4 rings (SSSR count). The predicted octanol–water partition coefficient (Wildman–Crippen LogP) is 1.88. The van der Waals surface area contributed by atoms with E-state index in [-0.39, 0.29) is 29.8 Å². The molecule has 1 aliphatic heterocycles. The molecule has 3 aromatic rings. The molecule has 0 unspecified atom stereocenters.